The topological polar surface area (TPSA) is 76.1 Å². The van der Waals surface area contributed by atoms with E-state index in [0.29, 0.717) is 16.4 Å². The molecule has 3 aromatic rings. The van der Waals surface area contributed by atoms with Gasteiger partial charge < -0.3 is 10.1 Å². The quantitative estimate of drug-likeness (QED) is 0.738. The third-order valence-electron chi connectivity index (χ3n) is 2.96. The highest BCUT2D eigenvalue weighted by molar-refractivity contribution is 7.13. The normalized spacial score (nSPS) is 10.2. The summed E-state index contributed by atoms with van der Waals surface area (Å²) in [6.07, 6.45) is 4.70. The smallest absolute Gasteiger partial charge is 0.321 e. The van der Waals surface area contributed by atoms with E-state index in [-0.39, 0.29) is 12.3 Å². The minimum atomic E-state index is -0.515. The highest BCUT2D eigenvalue weighted by Crippen LogP contribution is 2.24. The van der Waals surface area contributed by atoms with Gasteiger partial charge in [-0.2, -0.15) is 0 Å². The summed E-state index contributed by atoms with van der Waals surface area (Å²) < 4.78 is 19.5. The van der Waals surface area contributed by atoms with Crippen molar-refractivity contribution < 1.29 is 13.9 Å². The summed E-state index contributed by atoms with van der Waals surface area (Å²) in [7, 11) is 0. The average Bonchev–Trinajstić information content (AvgIpc) is 3.09. The maximum atomic E-state index is 14.1. The fourth-order valence-corrected chi connectivity index (χ4v) is 2.40. The molecule has 2 amide bonds. The van der Waals surface area contributed by atoms with Crippen molar-refractivity contribution in [3.05, 3.63) is 65.7 Å². The van der Waals surface area contributed by atoms with Gasteiger partial charge in [-0.3, -0.25) is 10.3 Å². The lowest BCUT2D eigenvalue weighted by molar-refractivity contribution is 0.251. The Labute approximate surface area is 141 Å². The van der Waals surface area contributed by atoms with E-state index in [4.69, 9.17) is 4.74 Å². The molecule has 0 saturated carbocycles. The van der Waals surface area contributed by atoms with Crippen molar-refractivity contribution in [1.82, 2.24) is 15.3 Å². The van der Waals surface area contributed by atoms with Gasteiger partial charge in [-0.15, -0.1) is 11.3 Å². The number of nitrogens with zero attached hydrogens (tertiary/aromatic N) is 2. The number of rotatable bonds is 5. The molecular weight excluding hydrogens is 331 g/mol. The number of aromatic nitrogens is 2. The number of thiazole rings is 1. The molecule has 122 valence electrons. The number of hydrogen-bond acceptors (Lipinski definition) is 5. The van der Waals surface area contributed by atoms with Crippen LogP contribution in [0.2, 0.25) is 0 Å². The zero-order valence-electron chi connectivity index (χ0n) is 12.4. The fourth-order valence-electron chi connectivity index (χ4n) is 1.88. The fraction of sp³-hybridized carbons (Fsp3) is 0.0625. The predicted octanol–water partition coefficient (Wildman–Crippen LogP) is 3.79. The Morgan fingerprint density at radius 2 is 2.21 bits per heavy atom. The summed E-state index contributed by atoms with van der Waals surface area (Å²) in [6, 6.07) is 7.49. The van der Waals surface area contributed by atoms with Crippen LogP contribution in [0.15, 0.2) is 54.3 Å². The molecule has 0 unspecified atom stereocenters. The minimum absolute atomic E-state index is 0.0963. The average molecular weight is 344 g/mol. The van der Waals surface area contributed by atoms with Crippen molar-refractivity contribution in [3.63, 3.8) is 0 Å². The largest absolute Gasteiger partial charge is 0.453 e. The van der Waals surface area contributed by atoms with E-state index < -0.39 is 11.8 Å². The van der Waals surface area contributed by atoms with Crippen molar-refractivity contribution >= 4 is 22.5 Å². The minimum Gasteiger partial charge on any atom is -0.453 e. The molecule has 2 aromatic heterocycles. The molecule has 0 aliphatic heterocycles. The van der Waals surface area contributed by atoms with E-state index in [9.17, 15) is 9.18 Å². The summed E-state index contributed by atoms with van der Waals surface area (Å²) in [5.74, 6) is 0.0302. The Bertz CT molecular complexity index is 812. The van der Waals surface area contributed by atoms with E-state index in [2.05, 4.69) is 20.6 Å². The Morgan fingerprint density at radius 1 is 1.29 bits per heavy atom. The molecule has 0 saturated heterocycles. The Balaban J connectivity index is 1.57. The number of urea groups is 1. The number of ether oxygens (including phenoxy) is 1. The maximum Gasteiger partial charge on any atom is 0.321 e. The molecule has 24 heavy (non-hydrogen) atoms. The number of carbonyl (C=O) groups is 1. The Morgan fingerprint density at radius 3 is 2.92 bits per heavy atom. The number of nitrogens with one attached hydrogen (secondary N) is 2. The molecule has 3 rings (SSSR count). The lowest BCUT2D eigenvalue weighted by atomic mass is 10.2. The first-order valence-corrected chi connectivity index (χ1v) is 7.89. The van der Waals surface area contributed by atoms with Crippen LogP contribution in [0.3, 0.4) is 0 Å². The lowest BCUT2D eigenvalue weighted by Gasteiger charge is -2.09. The van der Waals surface area contributed by atoms with E-state index in [1.165, 1.54) is 29.7 Å². The molecule has 0 spiro atoms. The number of amides is 2. The predicted molar refractivity (Wildman–Crippen MR) is 88.7 cm³/mol. The number of benzene rings is 1. The van der Waals surface area contributed by atoms with Crippen molar-refractivity contribution in [2.75, 3.05) is 5.32 Å². The summed E-state index contributed by atoms with van der Waals surface area (Å²) in [6.45, 7) is 0.182. The van der Waals surface area contributed by atoms with Crippen LogP contribution >= 0.6 is 11.3 Å². The van der Waals surface area contributed by atoms with Gasteiger partial charge in [0.2, 0.25) is 0 Å². The second-order valence-corrected chi connectivity index (χ2v) is 5.60. The maximum absolute atomic E-state index is 14.1. The van der Waals surface area contributed by atoms with Crippen LogP contribution in [0.5, 0.6) is 11.5 Å². The number of pyridine rings is 1. The zero-order valence-corrected chi connectivity index (χ0v) is 13.2. The first-order valence-electron chi connectivity index (χ1n) is 7.01. The second kappa shape index (κ2) is 7.51. The molecule has 0 aliphatic rings. The molecule has 0 atom stereocenters. The van der Waals surface area contributed by atoms with Gasteiger partial charge in [-0.05, 0) is 29.8 Å². The van der Waals surface area contributed by atoms with Crippen molar-refractivity contribution in [1.29, 1.82) is 0 Å². The van der Waals surface area contributed by atoms with E-state index in [1.54, 1.807) is 36.0 Å². The van der Waals surface area contributed by atoms with Crippen molar-refractivity contribution in [3.8, 4) is 11.5 Å². The van der Waals surface area contributed by atoms with Crippen molar-refractivity contribution in [2.45, 2.75) is 6.54 Å². The number of anilines is 1. The van der Waals surface area contributed by atoms with Crippen molar-refractivity contribution in [2.24, 2.45) is 0 Å². The highest BCUT2D eigenvalue weighted by Gasteiger charge is 2.08. The third-order valence-corrected chi connectivity index (χ3v) is 3.65. The summed E-state index contributed by atoms with van der Waals surface area (Å²) in [5.41, 5.74) is 0.611. The van der Waals surface area contributed by atoms with Crippen LogP contribution in [-0.2, 0) is 6.54 Å². The van der Waals surface area contributed by atoms with Crippen LogP contribution in [0.1, 0.15) is 5.56 Å². The van der Waals surface area contributed by atoms with Gasteiger partial charge in [0.25, 0.3) is 0 Å². The SMILES string of the molecule is O=C(NCc1ccc(Oc2cccnc2)c(F)c1)Nc1nccs1. The standard InChI is InChI=1S/C16H13FN4O2S/c17-13-8-11(9-20-15(22)21-16-19-6-7-24-16)3-4-14(13)23-12-2-1-5-18-10-12/h1-8,10H,9H2,(H2,19,20,21,22). The number of hydrogen-bond donors (Lipinski definition) is 2. The monoisotopic (exact) mass is 344 g/mol. The molecule has 8 heteroatoms. The van der Waals surface area contributed by atoms with Gasteiger partial charge in [-0.25, -0.2) is 14.2 Å². The van der Waals surface area contributed by atoms with E-state index in [1.807, 2.05) is 0 Å². The summed E-state index contributed by atoms with van der Waals surface area (Å²) in [4.78, 5) is 19.5. The van der Waals surface area contributed by atoms with Gasteiger partial charge in [0.15, 0.2) is 16.7 Å². The Kier molecular flexibility index (Phi) is 4.97. The first kappa shape index (κ1) is 15.9. The molecule has 2 N–H and O–H groups in total. The van der Waals surface area contributed by atoms with Crippen LogP contribution in [-0.4, -0.2) is 16.0 Å². The number of carbonyl (C=O) groups excluding carboxylic acids is 1. The molecule has 0 bridgehead atoms. The first-order chi connectivity index (χ1) is 11.7. The van der Waals surface area contributed by atoms with Gasteiger partial charge in [0.1, 0.15) is 5.75 Å². The van der Waals surface area contributed by atoms with Gasteiger partial charge in [0, 0.05) is 24.3 Å². The molecule has 0 aliphatic carbocycles. The summed E-state index contributed by atoms with van der Waals surface area (Å²) in [5, 5.41) is 7.47. The third kappa shape index (κ3) is 4.26. The Hall–Kier alpha value is -3.00. The highest BCUT2D eigenvalue weighted by atomic mass is 32.1. The van der Waals surface area contributed by atoms with Crippen LogP contribution in [0.4, 0.5) is 14.3 Å². The summed E-state index contributed by atoms with van der Waals surface area (Å²) >= 11 is 1.31. The molecule has 6 nitrogen and oxygen atoms in total. The lowest BCUT2D eigenvalue weighted by Crippen LogP contribution is -2.28. The number of halogens is 1. The van der Waals surface area contributed by atoms with Crippen LogP contribution < -0.4 is 15.4 Å². The van der Waals surface area contributed by atoms with Crippen LogP contribution in [0, 0.1) is 5.82 Å². The molecule has 0 radical (unpaired) electrons. The van der Waals surface area contributed by atoms with Crippen LogP contribution in [0.25, 0.3) is 0 Å². The van der Waals surface area contributed by atoms with E-state index >= 15 is 0 Å². The molecule has 0 fully saturated rings. The van der Waals surface area contributed by atoms with Gasteiger partial charge >= 0.3 is 6.03 Å². The molecular formula is C16H13FN4O2S. The van der Waals surface area contributed by atoms with E-state index in [0.717, 1.165) is 0 Å². The zero-order chi connectivity index (χ0) is 16.8. The van der Waals surface area contributed by atoms with Gasteiger partial charge in [-0.1, -0.05) is 6.07 Å². The van der Waals surface area contributed by atoms with Gasteiger partial charge in [0.05, 0.1) is 6.20 Å². The second-order valence-electron chi connectivity index (χ2n) is 4.70. The molecule has 2 heterocycles. The molecule has 1 aromatic carbocycles.